The maximum absolute atomic E-state index is 12.4. The van der Waals surface area contributed by atoms with Gasteiger partial charge >= 0.3 is 0 Å². The number of anilines is 1. The van der Waals surface area contributed by atoms with Crippen molar-refractivity contribution in [1.82, 2.24) is 9.55 Å². The number of alkyl halides is 2. The van der Waals surface area contributed by atoms with Gasteiger partial charge in [-0.05, 0) is 40.2 Å². The summed E-state index contributed by atoms with van der Waals surface area (Å²) in [6, 6.07) is 8.07. The fourth-order valence-corrected chi connectivity index (χ4v) is 1.93. The topological polar surface area (TPSA) is 46.9 Å². The Kier molecular flexibility index (Phi) is 4.26. The molecule has 0 radical (unpaired) electrons. The Morgan fingerprint density at radius 2 is 2.16 bits per heavy atom. The van der Waals surface area contributed by atoms with Crippen LogP contribution in [0.4, 0.5) is 14.6 Å². The number of nitrogens with zero attached hydrogens (tertiary/aromatic N) is 2. The highest BCUT2D eigenvalue weighted by molar-refractivity contribution is 9.10. The van der Waals surface area contributed by atoms with Crippen molar-refractivity contribution in [3.63, 3.8) is 0 Å². The van der Waals surface area contributed by atoms with Crippen LogP contribution in [0.25, 0.3) is 0 Å². The lowest BCUT2D eigenvalue weighted by molar-refractivity contribution is 0.0997. The molecular formula is C12H10BrF2N3O. The van der Waals surface area contributed by atoms with Crippen LogP contribution in [0.15, 0.2) is 41.1 Å². The van der Waals surface area contributed by atoms with Crippen LogP contribution in [0, 0.1) is 0 Å². The lowest BCUT2D eigenvalue weighted by Crippen LogP contribution is -2.19. The van der Waals surface area contributed by atoms with Crippen LogP contribution in [-0.4, -0.2) is 21.9 Å². The summed E-state index contributed by atoms with van der Waals surface area (Å²) in [5, 5.41) is 2.55. The lowest BCUT2D eigenvalue weighted by Gasteiger charge is -2.09. The van der Waals surface area contributed by atoms with E-state index in [4.69, 9.17) is 0 Å². The molecule has 0 spiro atoms. The highest BCUT2D eigenvalue weighted by Gasteiger charge is 2.14. The van der Waals surface area contributed by atoms with Gasteiger partial charge in [-0.25, -0.2) is 13.8 Å². The third-order valence-electron chi connectivity index (χ3n) is 2.35. The van der Waals surface area contributed by atoms with Gasteiger partial charge in [0.25, 0.3) is 12.3 Å². The fraction of sp³-hybridized carbons (Fsp3) is 0.167. The van der Waals surface area contributed by atoms with Gasteiger partial charge in [-0.3, -0.25) is 4.79 Å². The second-order valence-electron chi connectivity index (χ2n) is 3.74. The molecule has 0 fully saturated rings. The van der Waals surface area contributed by atoms with Crippen molar-refractivity contribution in [2.24, 2.45) is 0 Å². The zero-order chi connectivity index (χ0) is 13.8. The molecule has 0 saturated heterocycles. The first-order valence-electron chi connectivity index (χ1n) is 5.43. The molecule has 0 aromatic carbocycles. The summed E-state index contributed by atoms with van der Waals surface area (Å²) >= 11 is 3.18. The van der Waals surface area contributed by atoms with Crippen molar-refractivity contribution in [3.8, 4) is 0 Å². The zero-order valence-corrected chi connectivity index (χ0v) is 11.3. The number of halogens is 3. The largest absolute Gasteiger partial charge is 0.338 e. The van der Waals surface area contributed by atoms with Gasteiger partial charge < -0.3 is 9.88 Å². The maximum Gasteiger partial charge on any atom is 0.273 e. The second-order valence-corrected chi connectivity index (χ2v) is 4.55. The van der Waals surface area contributed by atoms with Crippen LogP contribution < -0.4 is 5.32 Å². The van der Waals surface area contributed by atoms with Crippen molar-refractivity contribution in [1.29, 1.82) is 0 Å². The fourth-order valence-electron chi connectivity index (χ4n) is 1.59. The van der Waals surface area contributed by atoms with Crippen molar-refractivity contribution >= 4 is 27.7 Å². The van der Waals surface area contributed by atoms with Crippen molar-refractivity contribution in [2.45, 2.75) is 13.0 Å². The molecule has 1 N–H and O–H groups in total. The van der Waals surface area contributed by atoms with E-state index in [1.54, 1.807) is 24.3 Å². The van der Waals surface area contributed by atoms with E-state index in [1.807, 2.05) is 0 Å². The van der Waals surface area contributed by atoms with Crippen LogP contribution in [0.5, 0.6) is 0 Å². The number of carbonyl (C=O) groups is 1. The molecule has 0 unspecified atom stereocenters. The molecule has 0 atom stereocenters. The molecule has 100 valence electrons. The van der Waals surface area contributed by atoms with Gasteiger partial charge in [0.15, 0.2) is 0 Å². The average Bonchev–Trinajstić information content (AvgIpc) is 2.76. The van der Waals surface area contributed by atoms with Crippen LogP contribution >= 0.6 is 15.9 Å². The number of rotatable bonds is 4. The normalized spacial score (nSPS) is 10.7. The highest BCUT2D eigenvalue weighted by atomic mass is 79.9. The maximum atomic E-state index is 12.4. The molecule has 2 rings (SSSR count). The highest BCUT2D eigenvalue weighted by Crippen LogP contribution is 2.12. The Bertz CT molecular complexity index is 586. The minimum atomic E-state index is -2.51. The Morgan fingerprint density at radius 3 is 2.84 bits per heavy atom. The Balaban J connectivity index is 2.14. The molecule has 4 nitrogen and oxygen atoms in total. The van der Waals surface area contributed by atoms with E-state index >= 15 is 0 Å². The van der Waals surface area contributed by atoms with Crippen molar-refractivity contribution in [3.05, 3.63) is 46.8 Å². The molecule has 0 aliphatic carbocycles. The van der Waals surface area contributed by atoms with E-state index in [0.717, 1.165) is 0 Å². The van der Waals surface area contributed by atoms with Gasteiger partial charge in [-0.1, -0.05) is 6.07 Å². The van der Waals surface area contributed by atoms with Gasteiger partial charge in [-0.15, -0.1) is 0 Å². The number of pyridine rings is 1. The van der Waals surface area contributed by atoms with Crippen LogP contribution in [0.1, 0.15) is 10.5 Å². The number of hydrogen-bond donors (Lipinski definition) is 1. The van der Waals surface area contributed by atoms with E-state index < -0.39 is 18.9 Å². The van der Waals surface area contributed by atoms with Crippen LogP contribution in [0.3, 0.4) is 0 Å². The molecule has 0 bridgehead atoms. The second kappa shape index (κ2) is 5.92. The van der Waals surface area contributed by atoms with Gasteiger partial charge in [0.2, 0.25) is 0 Å². The van der Waals surface area contributed by atoms with E-state index in [2.05, 4.69) is 26.2 Å². The van der Waals surface area contributed by atoms with Gasteiger partial charge in [0, 0.05) is 6.20 Å². The average molecular weight is 330 g/mol. The molecule has 2 heterocycles. The summed E-state index contributed by atoms with van der Waals surface area (Å²) in [5.74, 6) is -0.125. The number of hydrogen-bond acceptors (Lipinski definition) is 2. The van der Waals surface area contributed by atoms with E-state index in [0.29, 0.717) is 10.4 Å². The molecule has 2 aromatic heterocycles. The summed E-state index contributed by atoms with van der Waals surface area (Å²) in [6.07, 6.45) is -1.07. The molecular weight excluding hydrogens is 320 g/mol. The lowest BCUT2D eigenvalue weighted by atomic mass is 10.4. The molecule has 19 heavy (non-hydrogen) atoms. The summed E-state index contributed by atoms with van der Waals surface area (Å²) < 4.78 is 26.5. The Hall–Kier alpha value is -1.76. The third kappa shape index (κ3) is 3.60. The monoisotopic (exact) mass is 329 g/mol. The van der Waals surface area contributed by atoms with E-state index in [9.17, 15) is 13.6 Å². The SMILES string of the molecule is O=C(Nc1cccc(Br)n1)c1cccn1CC(F)F. The van der Waals surface area contributed by atoms with Crippen LogP contribution in [0.2, 0.25) is 0 Å². The minimum absolute atomic E-state index is 0.169. The summed E-state index contributed by atoms with van der Waals surface area (Å²) in [4.78, 5) is 16.0. The first-order chi connectivity index (χ1) is 9.06. The molecule has 7 heteroatoms. The molecule has 0 aliphatic rings. The molecule has 1 amide bonds. The molecule has 2 aromatic rings. The Labute approximate surface area is 116 Å². The quantitative estimate of drug-likeness (QED) is 0.876. The number of amides is 1. The van der Waals surface area contributed by atoms with Gasteiger partial charge in [0.1, 0.15) is 16.1 Å². The van der Waals surface area contributed by atoms with E-state index in [1.165, 1.54) is 16.8 Å². The first-order valence-corrected chi connectivity index (χ1v) is 6.23. The molecule has 0 aliphatic heterocycles. The van der Waals surface area contributed by atoms with Gasteiger partial charge in [-0.2, -0.15) is 0 Å². The summed E-state index contributed by atoms with van der Waals surface area (Å²) in [6.45, 7) is -0.512. The number of aromatic nitrogens is 2. The van der Waals surface area contributed by atoms with Gasteiger partial charge in [0.05, 0.1) is 6.54 Å². The minimum Gasteiger partial charge on any atom is -0.338 e. The van der Waals surface area contributed by atoms with Crippen LogP contribution in [-0.2, 0) is 6.54 Å². The molecule has 0 saturated carbocycles. The number of nitrogens with one attached hydrogen (secondary N) is 1. The summed E-state index contributed by atoms with van der Waals surface area (Å²) in [7, 11) is 0. The summed E-state index contributed by atoms with van der Waals surface area (Å²) in [5.41, 5.74) is 0.169. The predicted octanol–water partition coefficient (Wildman–Crippen LogP) is 3.16. The zero-order valence-electron chi connectivity index (χ0n) is 9.69. The van der Waals surface area contributed by atoms with Crippen molar-refractivity contribution < 1.29 is 13.6 Å². The predicted molar refractivity (Wildman–Crippen MR) is 70.3 cm³/mol. The first kappa shape index (κ1) is 13.7. The number of carbonyl (C=O) groups excluding carboxylic acids is 1. The standard InChI is InChI=1S/C12H10BrF2N3O/c13-9-4-1-5-11(16-9)17-12(19)8-3-2-6-18(8)7-10(14)15/h1-6,10H,7H2,(H,16,17,19). The third-order valence-corrected chi connectivity index (χ3v) is 2.80. The Morgan fingerprint density at radius 1 is 1.37 bits per heavy atom. The van der Waals surface area contributed by atoms with E-state index in [-0.39, 0.29) is 5.69 Å². The smallest absolute Gasteiger partial charge is 0.273 e. The van der Waals surface area contributed by atoms with Crippen molar-refractivity contribution in [2.75, 3.05) is 5.32 Å².